The lowest BCUT2D eigenvalue weighted by molar-refractivity contribution is -0.129. The van der Waals surface area contributed by atoms with Crippen LogP contribution in [0.25, 0.3) is 0 Å². The molecule has 3 nitrogen and oxygen atoms in total. The average Bonchev–Trinajstić information content (AvgIpc) is 2.62. The van der Waals surface area contributed by atoms with E-state index < -0.39 is 0 Å². The Kier molecular flexibility index (Phi) is 4.25. The minimum absolute atomic E-state index is 0.0480. The SMILES string of the molecule is Cc1ccc(C2C(N)CC(=O)N2CCC(C)C)cc1. The van der Waals surface area contributed by atoms with Gasteiger partial charge in [0, 0.05) is 19.0 Å². The van der Waals surface area contributed by atoms with Gasteiger partial charge in [-0.15, -0.1) is 0 Å². The van der Waals surface area contributed by atoms with Gasteiger partial charge in [0.2, 0.25) is 5.91 Å². The fraction of sp³-hybridized carbons (Fsp3) is 0.562. The molecule has 2 atom stereocenters. The second-order valence-corrected chi connectivity index (χ2v) is 5.99. The Labute approximate surface area is 115 Å². The second-order valence-electron chi connectivity index (χ2n) is 5.99. The van der Waals surface area contributed by atoms with Crippen molar-refractivity contribution >= 4 is 5.91 Å². The Morgan fingerprint density at radius 2 is 1.95 bits per heavy atom. The van der Waals surface area contributed by atoms with E-state index in [9.17, 15) is 4.79 Å². The average molecular weight is 260 g/mol. The minimum Gasteiger partial charge on any atom is -0.334 e. The van der Waals surface area contributed by atoms with Gasteiger partial charge in [0.05, 0.1) is 6.04 Å². The van der Waals surface area contributed by atoms with Gasteiger partial charge >= 0.3 is 0 Å². The smallest absolute Gasteiger partial charge is 0.224 e. The maximum absolute atomic E-state index is 12.1. The Balaban J connectivity index is 2.19. The summed E-state index contributed by atoms with van der Waals surface area (Å²) < 4.78 is 0. The highest BCUT2D eigenvalue weighted by molar-refractivity contribution is 5.80. The van der Waals surface area contributed by atoms with Crippen LogP contribution in [0.2, 0.25) is 0 Å². The number of nitrogens with zero attached hydrogens (tertiary/aromatic N) is 1. The molecule has 0 aromatic heterocycles. The van der Waals surface area contributed by atoms with E-state index in [2.05, 4.69) is 45.0 Å². The maximum Gasteiger partial charge on any atom is 0.224 e. The van der Waals surface area contributed by atoms with Gasteiger partial charge in [0.15, 0.2) is 0 Å². The Morgan fingerprint density at radius 1 is 1.32 bits per heavy atom. The quantitative estimate of drug-likeness (QED) is 0.904. The topological polar surface area (TPSA) is 46.3 Å². The van der Waals surface area contributed by atoms with E-state index >= 15 is 0 Å². The van der Waals surface area contributed by atoms with Gasteiger partial charge in [0.1, 0.15) is 0 Å². The first-order valence-electron chi connectivity index (χ1n) is 7.10. The number of carbonyl (C=O) groups is 1. The number of aryl methyl sites for hydroxylation is 1. The third kappa shape index (κ3) is 3.16. The van der Waals surface area contributed by atoms with E-state index in [0.29, 0.717) is 12.3 Å². The molecule has 0 aliphatic carbocycles. The van der Waals surface area contributed by atoms with E-state index in [0.717, 1.165) is 18.5 Å². The van der Waals surface area contributed by atoms with E-state index in [4.69, 9.17) is 5.73 Å². The van der Waals surface area contributed by atoms with E-state index in [-0.39, 0.29) is 18.0 Å². The van der Waals surface area contributed by atoms with Gasteiger partial charge in [-0.05, 0) is 24.8 Å². The van der Waals surface area contributed by atoms with Crippen molar-refractivity contribution in [2.45, 2.75) is 45.7 Å². The molecule has 1 aliphatic heterocycles. The summed E-state index contributed by atoms with van der Waals surface area (Å²) in [6, 6.07) is 8.34. The number of hydrogen-bond donors (Lipinski definition) is 1. The number of hydrogen-bond acceptors (Lipinski definition) is 2. The first-order chi connectivity index (χ1) is 8.99. The third-order valence-corrected chi connectivity index (χ3v) is 3.84. The second kappa shape index (κ2) is 5.74. The van der Waals surface area contributed by atoms with Crippen molar-refractivity contribution in [1.29, 1.82) is 0 Å². The molecule has 2 rings (SSSR count). The molecule has 1 fully saturated rings. The first-order valence-corrected chi connectivity index (χ1v) is 7.10. The summed E-state index contributed by atoms with van der Waals surface area (Å²) in [5.74, 6) is 0.794. The molecular formula is C16H24N2O. The van der Waals surface area contributed by atoms with Crippen LogP contribution in [-0.2, 0) is 4.79 Å². The van der Waals surface area contributed by atoms with Crippen molar-refractivity contribution in [3.63, 3.8) is 0 Å². The Morgan fingerprint density at radius 3 is 2.53 bits per heavy atom. The summed E-state index contributed by atoms with van der Waals surface area (Å²) in [5.41, 5.74) is 8.57. The zero-order chi connectivity index (χ0) is 14.0. The van der Waals surface area contributed by atoms with Crippen LogP contribution in [0.15, 0.2) is 24.3 Å². The van der Waals surface area contributed by atoms with Crippen LogP contribution >= 0.6 is 0 Å². The summed E-state index contributed by atoms with van der Waals surface area (Å²) >= 11 is 0. The molecule has 0 saturated carbocycles. The molecule has 1 aliphatic rings. The van der Waals surface area contributed by atoms with Crippen molar-refractivity contribution in [3.8, 4) is 0 Å². The van der Waals surface area contributed by atoms with Gasteiger partial charge in [-0.25, -0.2) is 0 Å². The predicted octanol–water partition coefficient (Wildman–Crippen LogP) is 2.64. The van der Waals surface area contributed by atoms with Crippen LogP contribution < -0.4 is 5.73 Å². The molecule has 0 spiro atoms. The van der Waals surface area contributed by atoms with Crippen molar-refractivity contribution < 1.29 is 4.79 Å². The number of nitrogens with two attached hydrogens (primary N) is 1. The number of carbonyl (C=O) groups excluding carboxylic acids is 1. The number of amides is 1. The van der Waals surface area contributed by atoms with Crippen LogP contribution in [0.4, 0.5) is 0 Å². The highest BCUT2D eigenvalue weighted by Gasteiger charge is 2.38. The summed E-state index contributed by atoms with van der Waals surface area (Å²) in [6.45, 7) is 7.24. The van der Waals surface area contributed by atoms with Crippen molar-refractivity contribution in [1.82, 2.24) is 4.90 Å². The minimum atomic E-state index is -0.0811. The van der Waals surface area contributed by atoms with Gasteiger partial charge in [-0.1, -0.05) is 43.7 Å². The first kappa shape index (κ1) is 14.1. The number of likely N-dealkylation sites (tertiary alicyclic amines) is 1. The molecule has 1 amide bonds. The van der Waals surface area contributed by atoms with Gasteiger partial charge < -0.3 is 10.6 Å². The zero-order valence-electron chi connectivity index (χ0n) is 12.1. The fourth-order valence-electron chi connectivity index (χ4n) is 2.67. The van der Waals surface area contributed by atoms with Crippen LogP contribution in [0, 0.1) is 12.8 Å². The lowest BCUT2D eigenvalue weighted by Gasteiger charge is -2.28. The standard InChI is InChI=1S/C16H24N2O/c1-11(2)8-9-18-15(19)10-14(17)16(18)13-6-4-12(3)5-7-13/h4-7,11,14,16H,8-10,17H2,1-3H3. The highest BCUT2D eigenvalue weighted by atomic mass is 16.2. The molecule has 1 aromatic carbocycles. The van der Waals surface area contributed by atoms with Crippen molar-refractivity contribution in [2.24, 2.45) is 11.7 Å². The molecule has 3 heteroatoms. The molecule has 104 valence electrons. The number of rotatable bonds is 4. The molecule has 2 unspecified atom stereocenters. The monoisotopic (exact) mass is 260 g/mol. The normalized spacial score (nSPS) is 23.4. The molecule has 0 bridgehead atoms. The van der Waals surface area contributed by atoms with E-state index in [1.807, 2.05) is 4.90 Å². The lowest BCUT2D eigenvalue weighted by atomic mass is 9.99. The van der Waals surface area contributed by atoms with Crippen LogP contribution in [0.1, 0.15) is 43.9 Å². The molecular weight excluding hydrogens is 236 g/mol. The maximum atomic E-state index is 12.1. The van der Waals surface area contributed by atoms with Crippen LogP contribution in [0.3, 0.4) is 0 Å². The largest absolute Gasteiger partial charge is 0.334 e. The molecule has 1 saturated heterocycles. The molecule has 1 aromatic rings. The summed E-state index contributed by atoms with van der Waals surface area (Å²) in [6.07, 6.45) is 1.50. The zero-order valence-corrected chi connectivity index (χ0v) is 12.1. The highest BCUT2D eigenvalue weighted by Crippen LogP contribution is 2.32. The lowest BCUT2D eigenvalue weighted by Crippen LogP contribution is -2.34. The predicted molar refractivity (Wildman–Crippen MR) is 77.7 cm³/mol. The summed E-state index contributed by atoms with van der Waals surface area (Å²) in [7, 11) is 0. The molecule has 1 heterocycles. The van der Waals surface area contributed by atoms with Gasteiger partial charge in [0.25, 0.3) is 0 Å². The van der Waals surface area contributed by atoms with Gasteiger partial charge in [-0.2, -0.15) is 0 Å². The molecule has 0 radical (unpaired) electrons. The van der Waals surface area contributed by atoms with Crippen LogP contribution in [-0.4, -0.2) is 23.4 Å². The molecule has 19 heavy (non-hydrogen) atoms. The Bertz CT molecular complexity index is 439. The van der Waals surface area contributed by atoms with Crippen LogP contribution in [0.5, 0.6) is 0 Å². The van der Waals surface area contributed by atoms with Gasteiger partial charge in [-0.3, -0.25) is 4.79 Å². The fourth-order valence-corrected chi connectivity index (χ4v) is 2.67. The summed E-state index contributed by atoms with van der Waals surface area (Å²) in [4.78, 5) is 14.1. The third-order valence-electron chi connectivity index (χ3n) is 3.84. The summed E-state index contributed by atoms with van der Waals surface area (Å²) in [5, 5.41) is 0. The Hall–Kier alpha value is -1.35. The molecule has 2 N–H and O–H groups in total. The van der Waals surface area contributed by atoms with E-state index in [1.54, 1.807) is 0 Å². The van der Waals surface area contributed by atoms with E-state index in [1.165, 1.54) is 5.56 Å². The number of benzene rings is 1. The van der Waals surface area contributed by atoms with Crippen molar-refractivity contribution in [2.75, 3.05) is 6.54 Å². The van der Waals surface area contributed by atoms with Crippen molar-refractivity contribution in [3.05, 3.63) is 35.4 Å².